The second kappa shape index (κ2) is 21.2. The van der Waals surface area contributed by atoms with Crippen LogP contribution in [0, 0.1) is 0 Å². The lowest BCUT2D eigenvalue weighted by molar-refractivity contribution is -0.109. The Bertz CT molecular complexity index is 408. The summed E-state index contributed by atoms with van der Waals surface area (Å²) in [6.45, 7) is 7.57. The third-order valence-corrected chi connectivity index (χ3v) is 5.14. The zero-order valence-corrected chi connectivity index (χ0v) is 18.3. The van der Waals surface area contributed by atoms with Crippen molar-refractivity contribution in [3.63, 3.8) is 0 Å². The van der Waals surface area contributed by atoms with Gasteiger partial charge in [0.15, 0.2) is 0 Å². The molecule has 0 saturated carbocycles. The molecule has 0 amide bonds. The van der Waals surface area contributed by atoms with E-state index in [-0.39, 0.29) is 0 Å². The van der Waals surface area contributed by atoms with Gasteiger partial charge in [0.05, 0.1) is 0 Å². The van der Waals surface area contributed by atoms with Crippen molar-refractivity contribution in [3.8, 4) is 0 Å². The van der Waals surface area contributed by atoms with Crippen molar-refractivity contribution in [3.05, 3.63) is 12.3 Å². The Morgan fingerprint density at radius 1 is 0.759 bits per heavy atom. The summed E-state index contributed by atoms with van der Waals surface area (Å²) < 4.78 is 0. The van der Waals surface area contributed by atoms with Crippen molar-refractivity contribution in [1.82, 2.24) is 10.2 Å². The van der Waals surface area contributed by atoms with Crippen LogP contribution in [-0.2, 0) is 14.4 Å². The predicted molar refractivity (Wildman–Crippen MR) is 120 cm³/mol. The minimum Gasteiger partial charge on any atom is -0.401 e. The van der Waals surface area contributed by atoms with Crippen molar-refractivity contribution in [2.24, 2.45) is 5.73 Å². The van der Waals surface area contributed by atoms with Crippen LogP contribution in [0.15, 0.2) is 12.3 Å². The van der Waals surface area contributed by atoms with Gasteiger partial charge in [-0.1, -0.05) is 45.1 Å². The molecule has 0 aromatic rings. The summed E-state index contributed by atoms with van der Waals surface area (Å²) in [5, 5.41) is 3.14. The van der Waals surface area contributed by atoms with Crippen molar-refractivity contribution in [2.75, 3.05) is 26.2 Å². The first-order chi connectivity index (χ1) is 14.2. The molecular formula is C23H43N3O3. The highest BCUT2D eigenvalue weighted by Gasteiger charge is 2.08. The van der Waals surface area contributed by atoms with Crippen LogP contribution in [0.2, 0.25) is 0 Å². The molecule has 0 heterocycles. The van der Waals surface area contributed by atoms with Crippen molar-refractivity contribution >= 4 is 18.9 Å². The highest BCUT2D eigenvalue weighted by atomic mass is 16.1. The van der Waals surface area contributed by atoms with Crippen LogP contribution in [0.1, 0.15) is 83.5 Å². The van der Waals surface area contributed by atoms with E-state index in [0.29, 0.717) is 18.5 Å². The fourth-order valence-electron chi connectivity index (χ4n) is 3.35. The number of carbonyl (C=O) groups excluding carboxylic acids is 3. The van der Waals surface area contributed by atoms with Gasteiger partial charge in [-0.25, -0.2) is 0 Å². The fourth-order valence-corrected chi connectivity index (χ4v) is 3.35. The molecule has 3 N–H and O–H groups in total. The zero-order valence-electron chi connectivity index (χ0n) is 18.3. The zero-order chi connectivity index (χ0) is 21.6. The van der Waals surface area contributed by atoms with E-state index >= 15 is 0 Å². The highest BCUT2D eigenvalue weighted by molar-refractivity contribution is 5.62. The van der Waals surface area contributed by atoms with Crippen LogP contribution in [0.4, 0.5) is 0 Å². The molecule has 0 aliphatic carbocycles. The van der Waals surface area contributed by atoms with Gasteiger partial charge in [0.25, 0.3) is 0 Å². The molecule has 0 radical (unpaired) electrons. The van der Waals surface area contributed by atoms with Crippen LogP contribution >= 0.6 is 0 Å². The average molecular weight is 410 g/mol. The van der Waals surface area contributed by atoms with Gasteiger partial charge in [-0.2, -0.15) is 0 Å². The quantitative estimate of drug-likeness (QED) is 0.198. The molecule has 0 fully saturated rings. The lowest BCUT2D eigenvalue weighted by Gasteiger charge is -2.23. The maximum atomic E-state index is 11.0. The molecule has 0 aromatic carbocycles. The summed E-state index contributed by atoms with van der Waals surface area (Å²) in [5.74, 6) is 0. The molecule has 1 unspecified atom stereocenters. The van der Waals surface area contributed by atoms with Gasteiger partial charge in [0.1, 0.15) is 24.9 Å². The summed E-state index contributed by atoms with van der Waals surface area (Å²) in [5.41, 5.74) is 5.96. The Morgan fingerprint density at radius 2 is 1.21 bits per heavy atom. The van der Waals surface area contributed by atoms with Gasteiger partial charge in [-0.05, 0) is 58.3 Å². The van der Waals surface area contributed by atoms with Crippen LogP contribution in [0.5, 0.6) is 0 Å². The first-order valence-corrected chi connectivity index (χ1v) is 11.4. The number of hydrogen-bond donors (Lipinski definition) is 2. The highest BCUT2D eigenvalue weighted by Crippen LogP contribution is 2.09. The molecule has 29 heavy (non-hydrogen) atoms. The van der Waals surface area contributed by atoms with Crippen LogP contribution in [0.25, 0.3) is 0 Å². The minimum absolute atomic E-state index is 0.362. The van der Waals surface area contributed by atoms with Gasteiger partial charge < -0.3 is 30.3 Å². The molecule has 0 rings (SSSR count). The molecule has 0 aliphatic rings. The van der Waals surface area contributed by atoms with E-state index in [2.05, 4.69) is 16.8 Å². The third-order valence-electron chi connectivity index (χ3n) is 5.14. The van der Waals surface area contributed by atoms with E-state index < -0.39 is 6.04 Å². The predicted octanol–water partition coefficient (Wildman–Crippen LogP) is 3.39. The lowest BCUT2D eigenvalue weighted by atomic mass is 10.1. The number of unbranched alkanes of at least 4 members (excludes halogenated alkanes) is 10. The largest absolute Gasteiger partial charge is 0.401 e. The molecule has 168 valence electrons. The van der Waals surface area contributed by atoms with Crippen LogP contribution < -0.4 is 11.1 Å². The molecule has 0 aliphatic heterocycles. The Balaban J connectivity index is 4.05. The Labute approximate surface area is 177 Å². The second-order valence-electron chi connectivity index (χ2n) is 7.78. The normalized spacial score (nSPS) is 12.0. The van der Waals surface area contributed by atoms with E-state index in [1.807, 2.05) is 0 Å². The summed E-state index contributed by atoms with van der Waals surface area (Å²) in [7, 11) is 0. The first kappa shape index (κ1) is 27.5. The molecule has 6 heteroatoms. The molecule has 6 nitrogen and oxygen atoms in total. The Morgan fingerprint density at radius 3 is 1.66 bits per heavy atom. The molecule has 0 spiro atoms. The molecule has 1 atom stereocenters. The van der Waals surface area contributed by atoms with Gasteiger partial charge in [-0.15, -0.1) is 0 Å². The molecule has 0 bridgehead atoms. The van der Waals surface area contributed by atoms with E-state index in [9.17, 15) is 14.4 Å². The monoisotopic (exact) mass is 409 g/mol. The van der Waals surface area contributed by atoms with Crippen molar-refractivity contribution in [2.45, 2.75) is 89.5 Å². The average Bonchev–Trinajstić information content (AvgIpc) is 2.71. The maximum absolute atomic E-state index is 11.0. The lowest BCUT2D eigenvalue weighted by Crippen LogP contribution is -2.37. The van der Waals surface area contributed by atoms with Gasteiger partial charge in [0, 0.05) is 18.5 Å². The number of nitrogens with zero attached hydrogens (tertiary/aromatic N) is 1. The smallest absolute Gasteiger partial charge is 0.142 e. The maximum Gasteiger partial charge on any atom is 0.142 e. The number of carbonyl (C=O) groups is 3. The van der Waals surface area contributed by atoms with E-state index in [0.717, 1.165) is 77.1 Å². The van der Waals surface area contributed by atoms with Gasteiger partial charge >= 0.3 is 0 Å². The first-order valence-electron chi connectivity index (χ1n) is 11.4. The fraction of sp³-hybridized carbons (Fsp3) is 0.783. The third kappa shape index (κ3) is 18.2. The van der Waals surface area contributed by atoms with Gasteiger partial charge in [0.2, 0.25) is 0 Å². The summed E-state index contributed by atoms with van der Waals surface area (Å²) in [4.78, 5) is 34.2. The summed E-state index contributed by atoms with van der Waals surface area (Å²) in [6.07, 6.45) is 16.6. The molecule has 0 aromatic heterocycles. The van der Waals surface area contributed by atoms with E-state index in [1.165, 1.54) is 38.5 Å². The number of nitrogens with two attached hydrogens (primary N) is 1. The van der Waals surface area contributed by atoms with E-state index in [1.54, 1.807) is 0 Å². The topological polar surface area (TPSA) is 92.5 Å². The summed E-state index contributed by atoms with van der Waals surface area (Å²) >= 11 is 0. The standard InChI is InChI=1S/C23H43N3O3/c1-22(24)23(21-29)25-15-14-18-26(16-10-6-2-4-8-12-19-27)17-11-7-3-5-9-13-20-28/h19-21,23,25H,1-18,24H2. The molecule has 0 saturated heterocycles. The number of hydrogen-bond acceptors (Lipinski definition) is 6. The number of rotatable bonds is 23. The van der Waals surface area contributed by atoms with Gasteiger partial charge in [-0.3, -0.25) is 0 Å². The van der Waals surface area contributed by atoms with Crippen LogP contribution in [0.3, 0.4) is 0 Å². The minimum atomic E-state index is -0.457. The Kier molecular flexibility index (Phi) is 20.1. The second-order valence-corrected chi connectivity index (χ2v) is 7.78. The van der Waals surface area contributed by atoms with E-state index in [4.69, 9.17) is 5.73 Å². The number of nitrogens with one attached hydrogen (secondary N) is 1. The molecular weight excluding hydrogens is 366 g/mol. The van der Waals surface area contributed by atoms with Crippen molar-refractivity contribution < 1.29 is 14.4 Å². The SMILES string of the molecule is C=C(N)C(C=O)NCCCN(CCCCCCCC=O)CCCCCCCC=O. The number of aldehydes is 3. The van der Waals surface area contributed by atoms with Crippen LogP contribution in [-0.4, -0.2) is 56.0 Å². The Hall–Kier alpha value is -1.53. The summed E-state index contributed by atoms with van der Waals surface area (Å²) in [6, 6.07) is -0.457. The van der Waals surface area contributed by atoms with Crippen molar-refractivity contribution in [1.29, 1.82) is 0 Å².